The number of hydrogen-bond acceptors (Lipinski definition) is 6. The van der Waals surface area contributed by atoms with Gasteiger partial charge in [-0.15, -0.1) is 0 Å². The smallest absolute Gasteiger partial charge is 0.407 e. The summed E-state index contributed by atoms with van der Waals surface area (Å²) < 4.78 is 23.2. The lowest BCUT2D eigenvalue weighted by molar-refractivity contribution is -0.160. The van der Waals surface area contributed by atoms with Gasteiger partial charge in [0.1, 0.15) is 6.61 Å². The highest BCUT2D eigenvalue weighted by Gasteiger charge is 2.42. The molecule has 220 valence electrons. The van der Waals surface area contributed by atoms with E-state index in [2.05, 4.69) is 83.1 Å². The Labute approximate surface area is 242 Å². The van der Waals surface area contributed by atoms with Gasteiger partial charge < -0.3 is 24.0 Å². The van der Waals surface area contributed by atoms with Gasteiger partial charge in [0.05, 0.1) is 6.10 Å². The van der Waals surface area contributed by atoms with Crippen molar-refractivity contribution in [3.05, 3.63) is 59.7 Å². The van der Waals surface area contributed by atoms with Crippen molar-refractivity contribution in [3.63, 3.8) is 0 Å². The monoisotopic (exact) mass is 585 g/mol. The van der Waals surface area contributed by atoms with E-state index >= 15 is 0 Å². The van der Waals surface area contributed by atoms with Crippen LogP contribution in [0.25, 0.3) is 11.1 Å². The Balaban J connectivity index is 1.68. The largest absolute Gasteiger partial charge is 0.449 e. The molecule has 0 bridgehead atoms. The van der Waals surface area contributed by atoms with Gasteiger partial charge >= 0.3 is 12.1 Å². The van der Waals surface area contributed by atoms with E-state index in [4.69, 9.17) is 18.6 Å². The number of carbonyl (C=O) groups is 2. The number of ether oxygens (including phenoxy) is 3. The molecule has 0 aromatic heterocycles. The van der Waals surface area contributed by atoms with Gasteiger partial charge in [0, 0.05) is 20.6 Å². The molecule has 1 N–H and O–H groups in total. The normalized spacial score (nSPS) is 15.1. The Morgan fingerprint density at radius 2 is 1.45 bits per heavy atom. The van der Waals surface area contributed by atoms with Crippen LogP contribution >= 0.6 is 0 Å². The van der Waals surface area contributed by atoms with Gasteiger partial charge in [0.2, 0.25) is 0 Å². The third-order valence-electron chi connectivity index (χ3n) is 7.91. The van der Waals surface area contributed by atoms with Gasteiger partial charge in [0.25, 0.3) is 0 Å². The molecule has 2 aromatic carbocycles. The Morgan fingerprint density at radius 1 is 0.900 bits per heavy atom. The molecule has 2 aromatic rings. The van der Waals surface area contributed by atoms with Gasteiger partial charge in [-0.25, -0.2) is 9.59 Å². The topological polar surface area (TPSA) is 83.1 Å². The second-order valence-electron chi connectivity index (χ2n) is 13.3. The van der Waals surface area contributed by atoms with Crippen LogP contribution in [0.1, 0.15) is 44.7 Å². The number of alkyl carbamates (subject to hydrolysis) is 1. The second-order valence-corrected chi connectivity index (χ2v) is 23.7. The SMILES string of the molecule is C[C@@H](O[Si](C)(C)C(C)(C)C)[C@H](NC(=O)OCC1c2ccccc2-c2ccccc21)C(=O)OCOCC[Si](C)(C)C. The van der Waals surface area contributed by atoms with Crippen LogP contribution in [-0.2, 0) is 23.4 Å². The number of benzene rings is 2. The maximum absolute atomic E-state index is 13.2. The number of nitrogens with one attached hydrogen (secondary N) is 1. The zero-order valence-corrected chi connectivity index (χ0v) is 27.6. The predicted molar refractivity (Wildman–Crippen MR) is 165 cm³/mol. The van der Waals surface area contributed by atoms with Crippen molar-refractivity contribution in [2.45, 2.75) is 89.6 Å². The summed E-state index contributed by atoms with van der Waals surface area (Å²) in [4.78, 5) is 26.3. The van der Waals surface area contributed by atoms with E-state index in [9.17, 15) is 9.59 Å². The zero-order chi connectivity index (χ0) is 29.7. The molecule has 0 unspecified atom stereocenters. The number of amides is 1. The van der Waals surface area contributed by atoms with Gasteiger partial charge in [-0.05, 0) is 53.4 Å². The van der Waals surface area contributed by atoms with Crippen LogP contribution in [0, 0.1) is 0 Å². The molecule has 0 fully saturated rings. The average Bonchev–Trinajstić information content (AvgIpc) is 3.17. The number of hydrogen-bond donors (Lipinski definition) is 1. The van der Waals surface area contributed by atoms with Crippen molar-refractivity contribution >= 4 is 28.5 Å². The molecule has 1 amide bonds. The number of fused-ring (bicyclic) bond motifs is 3. The summed E-state index contributed by atoms with van der Waals surface area (Å²) in [5, 5.41) is 2.67. The second kappa shape index (κ2) is 13.0. The summed E-state index contributed by atoms with van der Waals surface area (Å²) in [6.45, 7) is 19.7. The Bertz CT molecular complexity index is 1130. The van der Waals surface area contributed by atoms with E-state index in [0.717, 1.165) is 28.3 Å². The highest BCUT2D eigenvalue weighted by atomic mass is 28.4. The van der Waals surface area contributed by atoms with E-state index in [0.29, 0.717) is 6.61 Å². The molecule has 7 nitrogen and oxygen atoms in total. The summed E-state index contributed by atoms with van der Waals surface area (Å²) in [7, 11) is -3.50. The lowest BCUT2D eigenvalue weighted by Crippen LogP contribution is -2.54. The molecule has 1 aliphatic rings. The predicted octanol–water partition coefficient (Wildman–Crippen LogP) is 7.16. The van der Waals surface area contributed by atoms with E-state index in [1.54, 1.807) is 6.92 Å². The third-order valence-corrected chi connectivity index (χ3v) is 14.2. The Kier molecular flexibility index (Phi) is 10.4. The van der Waals surface area contributed by atoms with Gasteiger partial charge in [-0.3, -0.25) is 0 Å². The van der Waals surface area contributed by atoms with Crippen LogP contribution in [0.4, 0.5) is 4.79 Å². The maximum Gasteiger partial charge on any atom is 0.407 e. The molecular weight excluding hydrogens is 539 g/mol. The summed E-state index contributed by atoms with van der Waals surface area (Å²) in [6, 6.07) is 16.3. The van der Waals surface area contributed by atoms with Crippen molar-refractivity contribution in [1.82, 2.24) is 5.32 Å². The first-order valence-electron chi connectivity index (χ1n) is 14.1. The molecule has 0 aliphatic heterocycles. The quantitative estimate of drug-likeness (QED) is 0.123. The van der Waals surface area contributed by atoms with E-state index in [1.165, 1.54) is 0 Å². The lowest BCUT2D eigenvalue weighted by atomic mass is 9.98. The van der Waals surface area contributed by atoms with Crippen molar-refractivity contribution in [1.29, 1.82) is 0 Å². The van der Waals surface area contributed by atoms with Crippen molar-refractivity contribution in [2.24, 2.45) is 0 Å². The highest BCUT2D eigenvalue weighted by Crippen LogP contribution is 2.44. The molecule has 0 heterocycles. The number of rotatable bonds is 12. The van der Waals surface area contributed by atoms with Crippen LogP contribution in [0.3, 0.4) is 0 Å². The standard InChI is InChI=1S/C31H47NO6Si2/c1-22(38-40(8,9)31(2,3)4)28(29(33)37-21-35-18-19-39(5,6)7)32-30(34)36-20-27-25-16-12-10-14-23(25)24-15-11-13-17-26(24)27/h10-17,22,27-28H,18-21H2,1-9H3,(H,32,34)/t22-,28+/m1/s1. The minimum atomic E-state index is -2.24. The third kappa shape index (κ3) is 8.28. The summed E-state index contributed by atoms with van der Waals surface area (Å²) in [5.41, 5.74) is 4.55. The summed E-state index contributed by atoms with van der Waals surface area (Å²) in [6.07, 6.45) is -1.30. The first-order valence-corrected chi connectivity index (χ1v) is 20.8. The van der Waals surface area contributed by atoms with E-state index < -0.39 is 40.6 Å². The molecule has 2 atom stereocenters. The molecule has 0 saturated carbocycles. The van der Waals surface area contributed by atoms with Crippen molar-refractivity contribution in [3.8, 4) is 11.1 Å². The molecular formula is C31H47NO6Si2. The van der Waals surface area contributed by atoms with Crippen LogP contribution in [0.5, 0.6) is 0 Å². The molecule has 40 heavy (non-hydrogen) atoms. The Morgan fingerprint density at radius 3 is 1.98 bits per heavy atom. The van der Waals surface area contributed by atoms with E-state index in [-0.39, 0.29) is 24.4 Å². The van der Waals surface area contributed by atoms with Gasteiger partial charge in [0.15, 0.2) is 21.2 Å². The van der Waals surface area contributed by atoms with Gasteiger partial charge in [-0.1, -0.05) is 88.9 Å². The van der Waals surface area contributed by atoms with Crippen LogP contribution in [0.2, 0.25) is 43.8 Å². The molecule has 0 spiro atoms. The van der Waals surface area contributed by atoms with Crippen LogP contribution < -0.4 is 5.32 Å². The molecule has 0 radical (unpaired) electrons. The fourth-order valence-electron chi connectivity index (χ4n) is 4.47. The number of carbonyl (C=O) groups excluding carboxylic acids is 2. The van der Waals surface area contributed by atoms with Gasteiger partial charge in [-0.2, -0.15) is 0 Å². The van der Waals surface area contributed by atoms with Crippen LogP contribution in [-0.4, -0.2) is 60.6 Å². The molecule has 9 heteroatoms. The first kappa shape index (κ1) is 32.1. The lowest BCUT2D eigenvalue weighted by Gasteiger charge is -2.39. The van der Waals surface area contributed by atoms with Crippen molar-refractivity contribution in [2.75, 3.05) is 20.0 Å². The minimum absolute atomic E-state index is 0.0700. The van der Waals surface area contributed by atoms with Crippen molar-refractivity contribution < 1.29 is 28.2 Å². The Hall–Kier alpha value is -2.47. The first-order chi connectivity index (χ1) is 18.6. The molecule has 3 rings (SSSR count). The van der Waals surface area contributed by atoms with E-state index in [1.807, 2.05) is 24.3 Å². The summed E-state index contributed by atoms with van der Waals surface area (Å²) in [5.74, 6) is -0.683. The summed E-state index contributed by atoms with van der Waals surface area (Å²) >= 11 is 0. The minimum Gasteiger partial charge on any atom is -0.449 e. The number of esters is 1. The molecule has 1 aliphatic carbocycles. The highest BCUT2D eigenvalue weighted by molar-refractivity contribution is 6.76. The average molecular weight is 586 g/mol. The fraction of sp³-hybridized carbons (Fsp3) is 0.548. The maximum atomic E-state index is 13.2. The zero-order valence-electron chi connectivity index (χ0n) is 25.6. The fourth-order valence-corrected chi connectivity index (χ4v) is 6.65. The molecule has 0 saturated heterocycles. The van der Waals surface area contributed by atoms with Crippen LogP contribution in [0.15, 0.2) is 48.5 Å².